The quantitative estimate of drug-likeness (QED) is 0.873. The zero-order valence-electron chi connectivity index (χ0n) is 11.5. The standard InChI is InChI=1S/C16H16N4O/c17-8-10-7-9-3-1-2-4-12(9)19-16(10)20-14-13(18)11-5-6-21-15(11)14/h1-4,7,11,13-15H,5-6,18H2,(H,19,20). The van der Waals surface area contributed by atoms with Gasteiger partial charge in [-0.1, -0.05) is 18.2 Å². The lowest BCUT2D eigenvalue weighted by atomic mass is 9.72. The molecule has 3 N–H and O–H groups in total. The van der Waals surface area contributed by atoms with Crippen LogP contribution in [-0.4, -0.2) is 29.8 Å². The molecule has 1 saturated heterocycles. The van der Waals surface area contributed by atoms with Gasteiger partial charge in [0, 0.05) is 24.0 Å². The Labute approximate surface area is 122 Å². The molecule has 1 aromatic carbocycles. The molecule has 0 amide bonds. The Morgan fingerprint density at radius 3 is 3.10 bits per heavy atom. The maximum Gasteiger partial charge on any atom is 0.145 e. The maximum atomic E-state index is 9.34. The van der Waals surface area contributed by atoms with E-state index in [0.717, 1.165) is 23.9 Å². The summed E-state index contributed by atoms with van der Waals surface area (Å²) in [6, 6.07) is 12.0. The molecular formula is C16H16N4O. The van der Waals surface area contributed by atoms with Gasteiger partial charge in [0.2, 0.25) is 0 Å². The molecule has 2 aromatic rings. The normalized spacial score (nSPS) is 30.5. The van der Waals surface area contributed by atoms with Crippen LogP contribution in [0.3, 0.4) is 0 Å². The van der Waals surface area contributed by atoms with E-state index in [4.69, 9.17) is 10.5 Å². The van der Waals surface area contributed by atoms with Crippen molar-refractivity contribution in [1.29, 1.82) is 5.26 Å². The van der Waals surface area contributed by atoms with Gasteiger partial charge < -0.3 is 15.8 Å². The van der Waals surface area contributed by atoms with Gasteiger partial charge in [-0.05, 0) is 18.6 Å². The van der Waals surface area contributed by atoms with Crippen LogP contribution in [0.5, 0.6) is 0 Å². The van der Waals surface area contributed by atoms with Gasteiger partial charge in [-0.3, -0.25) is 0 Å². The van der Waals surface area contributed by atoms with E-state index >= 15 is 0 Å². The molecule has 0 bridgehead atoms. The Morgan fingerprint density at radius 1 is 1.38 bits per heavy atom. The van der Waals surface area contributed by atoms with Crippen molar-refractivity contribution in [3.63, 3.8) is 0 Å². The summed E-state index contributed by atoms with van der Waals surface area (Å²) in [6.07, 6.45) is 1.18. The molecule has 5 nitrogen and oxygen atoms in total. The lowest BCUT2D eigenvalue weighted by Gasteiger charge is -2.45. The molecular weight excluding hydrogens is 264 g/mol. The van der Waals surface area contributed by atoms with E-state index in [0.29, 0.717) is 17.3 Å². The zero-order chi connectivity index (χ0) is 14.4. The van der Waals surface area contributed by atoms with Crippen molar-refractivity contribution in [3.05, 3.63) is 35.9 Å². The topological polar surface area (TPSA) is 84.0 Å². The molecule has 2 heterocycles. The van der Waals surface area contributed by atoms with Crippen LogP contribution >= 0.6 is 0 Å². The highest BCUT2D eigenvalue weighted by Crippen LogP contribution is 2.39. The molecule has 1 aliphatic carbocycles. The third-order valence-corrected chi connectivity index (χ3v) is 4.59. The number of nitrogens with zero attached hydrogens (tertiary/aromatic N) is 2. The Bertz CT molecular complexity index is 739. The van der Waals surface area contributed by atoms with E-state index in [-0.39, 0.29) is 18.2 Å². The van der Waals surface area contributed by atoms with Crippen LogP contribution in [0.25, 0.3) is 10.9 Å². The largest absolute Gasteiger partial charge is 0.376 e. The Morgan fingerprint density at radius 2 is 2.24 bits per heavy atom. The second-order valence-electron chi connectivity index (χ2n) is 5.72. The molecule has 0 radical (unpaired) electrons. The molecule has 21 heavy (non-hydrogen) atoms. The van der Waals surface area contributed by atoms with Crippen molar-refractivity contribution in [3.8, 4) is 6.07 Å². The number of benzene rings is 1. The maximum absolute atomic E-state index is 9.34. The van der Waals surface area contributed by atoms with Crippen molar-refractivity contribution in [1.82, 2.24) is 4.98 Å². The van der Waals surface area contributed by atoms with Gasteiger partial charge in [0.15, 0.2) is 0 Å². The Balaban J connectivity index is 1.68. The SMILES string of the molecule is N#Cc1cc2ccccc2nc1NC1C(N)C2CCOC21. The molecule has 0 spiro atoms. The number of nitrogens with one attached hydrogen (secondary N) is 1. The lowest BCUT2D eigenvalue weighted by Crippen LogP contribution is -2.65. The molecule has 4 unspecified atom stereocenters. The predicted octanol–water partition coefficient (Wildman–Crippen LogP) is 1.63. The van der Waals surface area contributed by atoms with Crippen LogP contribution < -0.4 is 11.1 Å². The fourth-order valence-electron chi connectivity index (χ4n) is 3.40. The predicted molar refractivity (Wildman–Crippen MR) is 79.7 cm³/mol. The van der Waals surface area contributed by atoms with Crippen LogP contribution in [0.1, 0.15) is 12.0 Å². The average molecular weight is 280 g/mol. The first-order valence-electron chi connectivity index (χ1n) is 7.21. The minimum Gasteiger partial charge on any atom is -0.376 e. The number of hydrogen-bond donors (Lipinski definition) is 2. The van der Waals surface area contributed by atoms with Crippen molar-refractivity contribution >= 4 is 16.7 Å². The number of nitrogens with two attached hydrogens (primary N) is 1. The zero-order valence-corrected chi connectivity index (χ0v) is 11.5. The van der Waals surface area contributed by atoms with Crippen molar-refractivity contribution in [2.75, 3.05) is 11.9 Å². The van der Waals surface area contributed by atoms with E-state index in [1.807, 2.05) is 30.3 Å². The number of hydrogen-bond acceptors (Lipinski definition) is 5. The number of pyridine rings is 1. The van der Waals surface area contributed by atoms with E-state index in [2.05, 4.69) is 16.4 Å². The van der Waals surface area contributed by atoms with Crippen LogP contribution in [0, 0.1) is 17.2 Å². The second-order valence-corrected chi connectivity index (χ2v) is 5.72. The monoisotopic (exact) mass is 280 g/mol. The number of fused-ring (bicyclic) bond motifs is 2. The summed E-state index contributed by atoms with van der Waals surface area (Å²) in [5, 5.41) is 13.6. The molecule has 1 aromatic heterocycles. The van der Waals surface area contributed by atoms with Crippen molar-refractivity contribution in [2.45, 2.75) is 24.6 Å². The number of rotatable bonds is 2. The molecule has 2 fully saturated rings. The van der Waals surface area contributed by atoms with Gasteiger partial charge in [-0.15, -0.1) is 0 Å². The van der Waals surface area contributed by atoms with E-state index in [9.17, 15) is 5.26 Å². The number of para-hydroxylation sites is 1. The third kappa shape index (κ3) is 1.88. The Kier molecular flexibility index (Phi) is 2.81. The van der Waals surface area contributed by atoms with Gasteiger partial charge >= 0.3 is 0 Å². The smallest absolute Gasteiger partial charge is 0.145 e. The Hall–Kier alpha value is -2.16. The fourth-order valence-corrected chi connectivity index (χ4v) is 3.40. The summed E-state index contributed by atoms with van der Waals surface area (Å²) >= 11 is 0. The molecule has 5 heteroatoms. The van der Waals surface area contributed by atoms with Crippen LogP contribution in [0.2, 0.25) is 0 Å². The van der Waals surface area contributed by atoms with Gasteiger partial charge in [0.05, 0.1) is 23.2 Å². The minimum atomic E-state index is 0.0401. The summed E-state index contributed by atoms with van der Waals surface area (Å²) < 4.78 is 5.71. The first kappa shape index (κ1) is 12.6. The summed E-state index contributed by atoms with van der Waals surface area (Å²) in [4.78, 5) is 4.57. The second kappa shape index (κ2) is 4.69. The highest BCUT2D eigenvalue weighted by Gasteiger charge is 2.52. The molecule has 1 saturated carbocycles. The summed E-state index contributed by atoms with van der Waals surface area (Å²) in [6.45, 7) is 0.775. The highest BCUT2D eigenvalue weighted by molar-refractivity contribution is 5.82. The molecule has 4 atom stereocenters. The van der Waals surface area contributed by atoms with Crippen molar-refractivity contribution < 1.29 is 4.74 Å². The van der Waals surface area contributed by atoms with Crippen molar-refractivity contribution in [2.24, 2.45) is 11.7 Å². The first-order chi connectivity index (χ1) is 10.3. The molecule has 1 aliphatic heterocycles. The molecule has 4 rings (SSSR count). The van der Waals surface area contributed by atoms with Gasteiger partial charge in [-0.25, -0.2) is 4.98 Å². The van der Waals surface area contributed by atoms with E-state index < -0.39 is 0 Å². The van der Waals surface area contributed by atoms with E-state index in [1.54, 1.807) is 0 Å². The molecule has 106 valence electrons. The van der Waals surface area contributed by atoms with Crippen LogP contribution in [-0.2, 0) is 4.74 Å². The van der Waals surface area contributed by atoms with Crippen LogP contribution in [0.15, 0.2) is 30.3 Å². The number of ether oxygens (including phenoxy) is 1. The fraction of sp³-hybridized carbons (Fsp3) is 0.375. The first-order valence-corrected chi connectivity index (χ1v) is 7.21. The highest BCUT2D eigenvalue weighted by atomic mass is 16.5. The minimum absolute atomic E-state index is 0.0401. The summed E-state index contributed by atoms with van der Waals surface area (Å²) in [7, 11) is 0. The summed E-state index contributed by atoms with van der Waals surface area (Å²) in [5.74, 6) is 1.04. The summed E-state index contributed by atoms with van der Waals surface area (Å²) in [5.41, 5.74) is 7.62. The lowest BCUT2D eigenvalue weighted by molar-refractivity contribution is 0.00524. The van der Waals surface area contributed by atoms with Crippen LogP contribution in [0.4, 0.5) is 5.82 Å². The molecule has 2 aliphatic rings. The number of anilines is 1. The third-order valence-electron chi connectivity index (χ3n) is 4.59. The number of aromatic nitrogens is 1. The van der Waals surface area contributed by atoms with Gasteiger partial charge in [0.25, 0.3) is 0 Å². The average Bonchev–Trinajstić information content (AvgIpc) is 2.96. The van der Waals surface area contributed by atoms with Gasteiger partial charge in [0.1, 0.15) is 11.9 Å². The number of nitriles is 1. The van der Waals surface area contributed by atoms with Gasteiger partial charge in [-0.2, -0.15) is 5.26 Å². The van der Waals surface area contributed by atoms with E-state index in [1.165, 1.54) is 0 Å².